The van der Waals surface area contributed by atoms with E-state index in [-0.39, 0.29) is 24.9 Å². The van der Waals surface area contributed by atoms with Crippen LogP contribution in [0.25, 0.3) is 0 Å². The Kier molecular flexibility index (Phi) is 55.0. The molecule has 0 bridgehead atoms. The van der Waals surface area contributed by atoms with Gasteiger partial charge in [-0.2, -0.15) is 0 Å². The summed E-state index contributed by atoms with van der Waals surface area (Å²) in [5.74, 6) is -0.538. The van der Waals surface area contributed by atoms with Crippen LogP contribution in [0.4, 0.5) is 0 Å². The molecule has 0 spiro atoms. The minimum absolute atomic E-state index is 0.0271. The summed E-state index contributed by atoms with van der Waals surface area (Å²) < 4.78 is 5.93. The van der Waals surface area contributed by atoms with Crippen LogP contribution in [0.1, 0.15) is 297 Å². The van der Waals surface area contributed by atoms with E-state index in [2.05, 4.69) is 38.2 Å². The quantitative estimate of drug-likeness (QED) is 0.0321. The van der Waals surface area contributed by atoms with Gasteiger partial charge in [0.1, 0.15) is 6.10 Å². The lowest BCUT2D eigenvalue weighted by atomic mass is 10.0. The summed E-state index contributed by atoms with van der Waals surface area (Å²) in [5.41, 5.74) is 0. The number of esters is 1. The summed E-state index contributed by atoms with van der Waals surface area (Å²) in [6.45, 7) is 6.36. The summed E-state index contributed by atoms with van der Waals surface area (Å²) >= 11 is 0. The first-order chi connectivity index (χ1) is 34.5. The Morgan fingerprint density at radius 2 is 0.771 bits per heavy atom. The van der Waals surface area contributed by atoms with Crippen molar-refractivity contribution in [3.8, 4) is 0 Å². The molecule has 3 unspecified atom stereocenters. The fourth-order valence-electron chi connectivity index (χ4n) is 9.18. The molecule has 1 amide bonds. The molecule has 0 aromatic rings. The van der Waals surface area contributed by atoms with Crippen LogP contribution in [-0.2, 0) is 14.3 Å². The van der Waals surface area contributed by atoms with E-state index in [0.29, 0.717) is 19.3 Å². The molecule has 0 rings (SSSR count). The van der Waals surface area contributed by atoms with Gasteiger partial charge in [-0.3, -0.25) is 9.59 Å². The first-order valence-electron chi connectivity index (χ1n) is 30.2. The first kappa shape index (κ1) is 67.3. The molecule has 3 atom stereocenters. The van der Waals surface area contributed by atoms with E-state index in [4.69, 9.17) is 4.74 Å². The Balaban J connectivity index is 4.59. The monoisotopic (exact) mass is 978 g/mol. The molecule has 0 aliphatic carbocycles. The number of carbonyl (C=O) groups is 2. The van der Waals surface area contributed by atoms with E-state index >= 15 is 0 Å². The molecule has 0 fully saturated rings. The maximum Gasteiger partial charge on any atom is 0.306 e. The third-order valence-electron chi connectivity index (χ3n) is 13.7. The van der Waals surface area contributed by atoms with Crippen LogP contribution in [0.2, 0.25) is 0 Å². The van der Waals surface area contributed by atoms with Gasteiger partial charge in [0.15, 0.2) is 0 Å². The van der Waals surface area contributed by atoms with Gasteiger partial charge in [0, 0.05) is 6.42 Å². The standard InChI is InChI=1S/C64H115NO5/c1-4-7-10-13-16-19-22-25-28-30-31-33-36-39-42-45-48-51-54-57-64(69)70-60(55-52-49-46-43-40-37-34-27-24-21-18-15-12-9-6-3)58-63(68)65-61(59-66)62(67)56-53-50-47-44-41-38-35-32-29-26-23-20-17-14-11-8-5-2/h9,12,15,18,21,24,27,34,37,40,43,46,60-62,66-67H,4-8,10-11,13-14,16-17,19-20,22-23,25-26,28-33,35-36,38-39,41-42,44-45,47-59H2,1-3H3,(H,65,68)/b12-9-,18-15+,24-21+,34-27-,40-37+,46-43+. The van der Waals surface area contributed by atoms with Gasteiger partial charge >= 0.3 is 5.97 Å². The summed E-state index contributed by atoms with van der Waals surface area (Å²) in [6, 6.07) is -0.729. The zero-order chi connectivity index (χ0) is 50.9. The van der Waals surface area contributed by atoms with E-state index in [0.717, 1.165) is 57.8 Å². The molecule has 0 aromatic carbocycles. The second kappa shape index (κ2) is 57.2. The fourth-order valence-corrected chi connectivity index (χ4v) is 9.18. The van der Waals surface area contributed by atoms with E-state index < -0.39 is 18.2 Å². The van der Waals surface area contributed by atoms with E-state index in [1.807, 2.05) is 60.8 Å². The summed E-state index contributed by atoms with van der Waals surface area (Å²) in [7, 11) is 0. The molecule has 0 radical (unpaired) electrons. The predicted octanol–water partition coefficient (Wildman–Crippen LogP) is 18.9. The van der Waals surface area contributed by atoms with Crippen LogP contribution >= 0.6 is 0 Å². The largest absolute Gasteiger partial charge is 0.462 e. The second-order valence-electron chi connectivity index (χ2n) is 20.5. The topological polar surface area (TPSA) is 95.9 Å². The number of hydrogen-bond acceptors (Lipinski definition) is 5. The van der Waals surface area contributed by atoms with Crippen LogP contribution in [0, 0.1) is 0 Å². The average Bonchev–Trinajstić information content (AvgIpc) is 3.35. The number of aliphatic hydroxyl groups is 2. The van der Waals surface area contributed by atoms with Crippen LogP contribution in [0.3, 0.4) is 0 Å². The predicted molar refractivity (Wildman–Crippen MR) is 305 cm³/mol. The van der Waals surface area contributed by atoms with Crippen molar-refractivity contribution >= 4 is 11.9 Å². The molecule has 0 saturated heterocycles. The third-order valence-corrected chi connectivity index (χ3v) is 13.7. The lowest BCUT2D eigenvalue weighted by Gasteiger charge is -2.24. The van der Waals surface area contributed by atoms with Crippen molar-refractivity contribution in [2.45, 2.75) is 315 Å². The number of rotatable bonds is 54. The van der Waals surface area contributed by atoms with Crippen molar-refractivity contribution in [2.75, 3.05) is 6.61 Å². The van der Waals surface area contributed by atoms with Crippen molar-refractivity contribution in [2.24, 2.45) is 0 Å². The Labute approximate surface area is 434 Å². The van der Waals surface area contributed by atoms with E-state index in [1.54, 1.807) is 0 Å². The van der Waals surface area contributed by atoms with Gasteiger partial charge in [0.2, 0.25) is 5.91 Å². The summed E-state index contributed by atoms with van der Waals surface area (Å²) in [6.07, 6.45) is 74.1. The molecule has 0 saturated carbocycles. The number of carbonyl (C=O) groups excluding carboxylic acids is 2. The minimum Gasteiger partial charge on any atom is -0.462 e. The minimum atomic E-state index is -0.811. The Bertz CT molecular complexity index is 1280. The lowest BCUT2D eigenvalue weighted by Crippen LogP contribution is -2.46. The van der Waals surface area contributed by atoms with Gasteiger partial charge < -0.3 is 20.3 Å². The van der Waals surface area contributed by atoms with Gasteiger partial charge in [-0.25, -0.2) is 0 Å². The van der Waals surface area contributed by atoms with Gasteiger partial charge in [-0.1, -0.05) is 318 Å². The molecule has 3 N–H and O–H groups in total. The lowest BCUT2D eigenvalue weighted by molar-refractivity contribution is -0.151. The van der Waals surface area contributed by atoms with Gasteiger partial charge in [-0.05, 0) is 38.5 Å². The fraction of sp³-hybridized carbons (Fsp3) is 0.781. The maximum absolute atomic E-state index is 13.3. The zero-order valence-corrected chi connectivity index (χ0v) is 46.4. The number of unbranched alkanes of at least 4 members (excludes halogenated alkanes) is 35. The molecule has 0 aromatic heterocycles. The van der Waals surface area contributed by atoms with E-state index in [1.165, 1.54) is 193 Å². The van der Waals surface area contributed by atoms with Gasteiger partial charge in [0.25, 0.3) is 0 Å². The zero-order valence-electron chi connectivity index (χ0n) is 46.4. The Morgan fingerprint density at radius 1 is 0.429 bits per heavy atom. The molecule has 70 heavy (non-hydrogen) atoms. The molecular formula is C64H115NO5. The molecule has 6 heteroatoms. The Hall–Kier alpha value is -2.70. The highest BCUT2D eigenvalue weighted by Crippen LogP contribution is 2.18. The Morgan fingerprint density at radius 3 is 1.14 bits per heavy atom. The first-order valence-corrected chi connectivity index (χ1v) is 30.2. The molecule has 406 valence electrons. The average molecular weight is 979 g/mol. The highest BCUT2D eigenvalue weighted by molar-refractivity contribution is 5.77. The molecule has 6 nitrogen and oxygen atoms in total. The number of ether oxygens (including phenoxy) is 1. The van der Waals surface area contributed by atoms with Gasteiger partial charge in [0.05, 0.1) is 25.2 Å². The van der Waals surface area contributed by atoms with Crippen molar-refractivity contribution in [1.82, 2.24) is 5.32 Å². The number of aliphatic hydroxyl groups excluding tert-OH is 2. The normalized spacial score (nSPS) is 13.6. The summed E-state index contributed by atoms with van der Waals surface area (Å²) in [5, 5.41) is 23.9. The maximum atomic E-state index is 13.3. The van der Waals surface area contributed by atoms with Gasteiger partial charge in [-0.15, -0.1) is 0 Å². The van der Waals surface area contributed by atoms with Crippen molar-refractivity contribution in [1.29, 1.82) is 0 Å². The van der Waals surface area contributed by atoms with Crippen LogP contribution < -0.4 is 5.32 Å². The van der Waals surface area contributed by atoms with Crippen molar-refractivity contribution in [3.63, 3.8) is 0 Å². The highest BCUT2D eigenvalue weighted by atomic mass is 16.5. The molecular weight excluding hydrogens is 863 g/mol. The molecule has 0 aliphatic heterocycles. The number of nitrogens with one attached hydrogen (secondary N) is 1. The third kappa shape index (κ3) is 51.6. The number of amides is 1. The summed E-state index contributed by atoms with van der Waals surface area (Å²) in [4.78, 5) is 26.3. The number of hydrogen-bond donors (Lipinski definition) is 3. The van der Waals surface area contributed by atoms with Crippen molar-refractivity contribution in [3.05, 3.63) is 72.9 Å². The SMILES string of the molecule is CC\C=C/C=C/C=C/C=C\C=C\C=C\CCCC(CC(=O)NC(CO)C(O)CCCCCCCCCCCCCCCCCCC)OC(=O)CCCCCCCCCCCCCCCCCCCCC. The molecule has 0 aliphatic rings. The highest BCUT2D eigenvalue weighted by Gasteiger charge is 2.24. The number of allylic oxidation sites excluding steroid dienone is 12. The van der Waals surface area contributed by atoms with Crippen LogP contribution in [0.15, 0.2) is 72.9 Å². The molecule has 0 heterocycles. The second-order valence-corrected chi connectivity index (χ2v) is 20.5. The van der Waals surface area contributed by atoms with E-state index in [9.17, 15) is 19.8 Å². The van der Waals surface area contributed by atoms with Crippen LogP contribution in [0.5, 0.6) is 0 Å². The smallest absolute Gasteiger partial charge is 0.306 e. The van der Waals surface area contributed by atoms with Crippen LogP contribution in [-0.4, -0.2) is 46.9 Å². The van der Waals surface area contributed by atoms with Crippen molar-refractivity contribution < 1.29 is 24.5 Å².